The lowest BCUT2D eigenvalue weighted by Crippen LogP contribution is -2.40. The predicted molar refractivity (Wildman–Crippen MR) is 79.3 cm³/mol. The normalized spacial score (nSPS) is 23.9. The maximum absolute atomic E-state index is 3.57. The van der Waals surface area contributed by atoms with Crippen LogP contribution in [0.2, 0.25) is 0 Å². The van der Waals surface area contributed by atoms with Crippen molar-refractivity contribution >= 4 is 5.69 Å². The lowest BCUT2D eigenvalue weighted by atomic mass is 9.90. The van der Waals surface area contributed by atoms with Crippen LogP contribution in [0, 0.1) is 6.92 Å². The molecule has 2 rings (SSSR count). The van der Waals surface area contributed by atoms with Crippen molar-refractivity contribution in [2.45, 2.75) is 51.6 Å². The molecule has 0 heterocycles. The van der Waals surface area contributed by atoms with Gasteiger partial charge in [-0.05, 0) is 51.3 Å². The molecule has 1 aromatic rings. The van der Waals surface area contributed by atoms with Gasteiger partial charge in [-0.2, -0.15) is 0 Å². The molecule has 1 fully saturated rings. The van der Waals surface area contributed by atoms with Crippen molar-refractivity contribution in [2.24, 2.45) is 0 Å². The minimum absolute atomic E-state index is 0.711. The molecule has 0 saturated heterocycles. The van der Waals surface area contributed by atoms with E-state index in [1.807, 2.05) is 0 Å². The van der Waals surface area contributed by atoms with Gasteiger partial charge in [0.15, 0.2) is 0 Å². The Kier molecular flexibility index (Phi) is 4.65. The average Bonchev–Trinajstić information content (AvgIpc) is 2.40. The molecule has 2 nitrogen and oxygen atoms in total. The summed E-state index contributed by atoms with van der Waals surface area (Å²) in [5.41, 5.74) is 2.69. The monoisotopic (exact) mass is 246 g/mol. The highest BCUT2D eigenvalue weighted by molar-refractivity contribution is 5.47. The van der Waals surface area contributed by atoms with Crippen LogP contribution in [0.3, 0.4) is 0 Å². The van der Waals surface area contributed by atoms with Crippen molar-refractivity contribution < 1.29 is 0 Å². The van der Waals surface area contributed by atoms with E-state index in [9.17, 15) is 0 Å². The van der Waals surface area contributed by atoms with Crippen LogP contribution < -0.4 is 10.2 Å². The lowest BCUT2D eigenvalue weighted by molar-refractivity contribution is 0.341. The van der Waals surface area contributed by atoms with Crippen molar-refractivity contribution in [1.82, 2.24) is 5.32 Å². The van der Waals surface area contributed by atoms with E-state index in [0.29, 0.717) is 6.04 Å². The first kappa shape index (κ1) is 13.4. The first-order valence-electron chi connectivity index (χ1n) is 7.23. The lowest BCUT2D eigenvalue weighted by Gasteiger charge is -2.36. The molecule has 100 valence electrons. The summed E-state index contributed by atoms with van der Waals surface area (Å²) in [5, 5.41) is 3.57. The summed E-state index contributed by atoms with van der Waals surface area (Å²) in [6.07, 6.45) is 5.24. The molecule has 0 unspecified atom stereocenters. The molecule has 1 N–H and O–H groups in total. The van der Waals surface area contributed by atoms with Gasteiger partial charge in [0.25, 0.3) is 0 Å². The van der Waals surface area contributed by atoms with Gasteiger partial charge < -0.3 is 10.2 Å². The summed E-state index contributed by atoms with van der Waals surface area (Å²) >= 11 is 0. The minimum Gasteiger partial charge on any atom is -0.372 e. The Labute approximate surface area is 111 Å². The van der Waals surface area contributed by atoms with Crippen LogP contribution in [0.15, 0.2) is 24.3 Å². The fourth-order valence-corrected chi connectivity index (χ4v) is 2.95. The summed E-state index contributed by atoms with van der Waals surface area (Å²) in [6.45, 7) is 5.44. The number of hydrogen-bond acceptors (Lipinski definition) is 2. The van der Waals surface area contributed by atoms with Gasteiger partial charge in [0.2, 0.25) is 0 Å². The number of anilines is 1. The van der Waals surface area contributed by atoms with E-state index < -0.39 is 0 Å². The molecule has 1 saturated carbocycles. The van der Waals surface area contributed by atoms with Crippen molar-refractivity contribution in [1.29, 1.82) is 0 Å². The Balaban J connectivity index is 1.91. The van der Waals surface area contributed by atoms with E-state index >= 15 is 0 Å². The number of nitrogens with zero attached hydrogens (tertiary/aromatic N) is 1. The quantitative estimate of drug-likeness (QED) is 0.876. The van der Waals surface area contributed by atoms with Crippen LogP contribution in [-0.4, -0.2) is 25.7 Å². The number of aryl methyl sites for hydroxylation is 1. The average molecular weight is 246 g/mol. The van der Waals surface area contributed by atoms with E-state index in [0.717, 1.165) is 12.6 Å². The molecular formula is C16H26N2. The van der Waals surface area contributed by atoms with Crippen LogP contribution in [0.1, 0.15) is 38.2 Å². The number of hydrogen-bond donors (Lipinski definition) is 1. The first-order chi connectivity index (χ1) is 8.70. The van der Waals surface area contributed by atoms with E-state index in [1.165, 1.54) is 36.9 Å². The van der Waals surface area contributed by atoms with E-state index in [1.54, 1.807) is 0 Å². The van der Waals surface area contributed by atoms with Crippen LogP contribution in [-0.2, 0) is 0 Å². The van der Waals surface area contributed by atoms with Crippen LogP contribution >= 0.6 is 0 Å². The Morgan fingerprint density at radius 3 is 2.28 bits per heavy atom. The zero-order chi connectivity index (χ0) is 13.0. The molecule has 0 radical (unpaired) electrons. The Hall–Kier alpha value is -1.02. The zero-order valence-corrected chi connectivity index (χ0v) is 11.9. The third kappa shape index (κ3) is 3.26. The molecule has 0 spiro atoms. The summed E-state index contributed by atoms with van der Waals surface area (Å²) in [6, 6.07) is 10.4. The second kappa shape index (κ2) is 6.24. The smallest absolute Gasteiger partial charge is 0.0366 e. The summed E-state index contributed by atoms with van der Waals surface area (Å²) < 4.78 is 0. The van der Waals surface area contributed by atoms with Crippen LogP contribution in [0.4, 0.5) is 5.69 Å². The van der Waals surface area contributed by atoms with Gasteiger partial charge in [0.05, 0.1) is 0 Å². The number of nitrogens with one attached hydrogen (secondary N) is 1. The highest BCUT2D eigenvalue weighted by Gasteiger charge is 2.23. The van der Waals surface area contributed by atoms with Crippen LogP contribution in [0.25, 0.3) is 0 Å². The third-order valence-electron chi connectivity index (χ3n) is 4.18. The SMILES string of the molecule is CCNC1CCC(N(C)c2ccc(C)cc2)CC1. The number of rotatable bonds is 4. The maximum atomic E-state index is 3.57. The van der Waals surface area contributed by atoms with E-state index in [-0.39, 0.29) is 0 Å². The second-order valence-electron chi connectivity index (χ2n) is 5.51. The Morgan fingerprint density at radius 2 is 1.72 bits per heavy atom. The largest absolute Gasteiger partial charge is 0.372 e. The minimum atomic E-state index is 0.711. The van der Waals surface area contributed by atoms with Crippen molar-refractivity contribution in [2.75, 3.05) is 18.5 Å². The number of benzene rings is 1. The van der Waals surface area contributed by atoms with Crippen molar-refractivity contribution in [3.05, 3.63) is 29.8 Å². The molecule has 1 aliphatic carbocycles. The zero-order valence-electron chi connectivity index (χ0n) is 11.9. The molecule has 1 aromatic carbocycles. The topological polar surface area (TPSA) is 15.3 Å². The molecule has 0 aromatic heterocycles. The van der Waals surface area contributed by atoms with E-state index in [2.05, 4.69) is 55.4 Å². The molecule has 0 bridgehead atoms. The van der Waals surface area contributed by atoms with Gasteiger partial charge in [-0.3, -0.25) is 0 Å². The first-order valence-corrected chi connectivity index (χ1v) is 7.23. The molecule has 0 aliphatic heterocycles. The maximum Gasteiger partial charge on any atom is 0.0366 e. The van der Waals surface area contributed by atoms with Gasteiger partial charge in [-0.25, -0.2) is 0 Å². The molecule has 0 atom stereocenters. The molecule has 2 heteroatoms. The molecule has 1 aliphatic rings. The summed E-state index contributed by atoms with van der Waals surface area (Å²) in [7, 11) is 2.24. The highest BCUT2D eigenvalue weighted by Crippen LogP contribution is 2.26. The predicted octanol–water partition coefficient (Wildman–Crippen LogP) is 3.35. The Morgan fingerprint density at radius 1 is 1.11 bits per heavy atom. The van der Waals surface area contributed by atoms with Crippen molar-refractivity contribution in [3.8, 4) is 0 Å². The fourth-order valence-electron chi connectivity index (χ4n) is 2.95. The summed E-state index contributed by atoms with van der Waals surface area (Å²) in [4.78, 5) is 2.46. The molecule has 18 heavy (non-hydrogen) atoms. The van der Waals surface area contributed by atoms with E-state index in [4.69, 9.17) is 0 Å². The van der Waals surface area contributed by atoms with Gasteiger partial charge in [-0.15, -0.1) is 0 Å². The van der Waals surface area contributed by atoms with Crippen LogP contribution in [0.5, 0.6) is 0 Å². The third-order valence-corrected chi connectivity index (χ3v) is 4.18. The van der Waals surface area contributed by atoms with Gasteiger partial charge in [0, 0.05) is 24.8 Å². The molecule has 0 amide bonds. The standard InChI is InChI=1S/C16H26N2/c1-4-17-14-7-11-16(12-8-14)18(3)15-9-5-13(2)6-10-15/h5-6,9-10,14,16-17H,4,7-8,11-12H2,1-3H3. The highest BCUT2D eigenvalue weighted by atomic mass is 15.1. The summed E-state index contributed by atoms with van der Waals surface area (Å²) in [5.74, 6) is 0. The second-order valence-corrected chi connectivity index (χ2v) is 5.51. The molecular weight excluding hydrogens is 220 g/mol. The van der Waals surface area contributed by atoms with Gasteiger partial charge in [0.1, 0.15) is 0 Å². The van der Waals surface area contributed by atoms with Gasteiger partial charge in [-0.1, -0.05) is 24.6 Å². The fraction of sp³-hybridized carbons (Fsp3) is 0.625. The van der Waals surface area contributed by atoms with Crippen molar-refractivity contribution in [3.63, 3.8) is 0 Å². The van der Waals surface area contributed by atoms with Gasteiger partial charge >= 0.3 is 0 Å². The Bertz CT molecular complexity index is 350.